The Bertz CT molecular complexity index is 2690. The van der Waals surface area contributed by atoms with Crippen LogP contribution in [0.3, 0.4) is 0 Å². The molecular weight excluding hydrogens is 675 g/mol. The van der Waals surface area contributed by atoms with Crippen molar-refractivity contribution in [2.24, 2.45) is 0 Å². The molecule has 0 unspecified atom stereocenters. The summed E-state index contributed by atoms with van der Waals surface area (Å²) >= 11 is 0. The van der Waals surface area contributed by atoms with Gasteiger partial charge < -0.3 is 4.90 Å². The molecule has 0 radical (unpaired) electrons. The molecule has 0 fully saturated rings. The fourth-order valence-corrected chi connectivity index (χ4v) is 8.74. The second-order valence-electron chi connectivity index (χ2n) is 14.5. The monoisotopic (exact) mass is 713 g/mol. The normalized spacial score (nSPS) is 12.4. The summed E-state index contributed by atoms with van der Waals surface area (Å²) in [4.78, 5) is 2.37. The molecule has 0 saturated heterocycles. The number of anilines is 3. The maximum Gasteiger partial charge on any atom is 0.0713 e. The SMILES string of the molecule is c1ccc(-c2ccc(-c3ccc(N(c4ccc(-c5ccccc5)cc4)c4ccc(C5(c6ccccc6)c6ccccc6-c6ccccc65)cc4)cc3)cc2)cc1. The molecule has 0 N–H and O–H groups in total. The molecule has 0 aliphatic heterocycles. The topological polar surface area (TPSA) is 3.24 Å². The second kappa shape index (κ2) is 14.2. The van der Waals surface area contributed by atoms with Crippen LogP contribution in [0, 0.1) is 0 Å². The van der Waals surface area contributed by atoms with Gasteiger partial charge in [-0.05, 0) is 103 Å². The summed E-state index contributed by atoms with van der Waals surface area (Å²) in [5.74, 6) is 0. The van der Waals surface area contributed by atoms with E-state index in [0.29, 0.717) is 0 Å². The molecule has 10 rings (SSSR count). The fourth-order valence-electron chi connectivity index (χ4n) is 8.74. The first-order chi connectivity index (χ1) is 27.8. The average molecular weight is 714 g/mol. The van der Waals surface area contributed by atoms with E-state index in [4.69, 9.17) is 0 Å². The average Bonchev–Trinajstić information content (AvgIpc) is 3.59. The Hall–Kier alpha value is -7.22. The predicted molar refractivity (Wildman–Crippen MR) is 235 cm³/mol. The van der Waals surface area contributed by atoms with E-state index in [9.17, 15) is 0 Å². The first-order valence-electron chi connectivity index (χ1n) is 19.3. The van der Waals surface area contributed by atoms with Crippen LogP contribution in [0.15, 0.2) is 237 Å². The van der Waals surface area contributed by atoms with E-state index in [1.807, 2.05) is 0 Å². The van der Waals surface area contributed by atoms with E-state index < -0.39 is 5.41 Å². The molecule has 9 aromatic carbocycles. The van der Waals surface area contributed by atoms with Crippen molar-refractivity contribution in [3.63, 3.8) is 0 Å². The Kier molecular flexibility index (Phi) is 8.46. The maximum absolute atomic E-state index is 2.37. The highest BCUT2D eigenvalue weighted by atomic mass is 15.1. The Labute approximate surface area is 329 Å². The van der Waals surface area contributed by atoms with Crippen molar-refractivity contribution in [1.29, 1.82) is 0 Å². The lowest BCUT2D eigenvalue weighted by molar-refractivity contribution is 0.768. The lowest BCUT2D eigenvalue weighted by Crippen LogP contribution is -2.28. The summed E-state index contributed by atoms with van der Waals surface area (Å²) in [7, 11) is 0. The lowest BCUT2D eigenvalue weighted by atomic mass is 9.68. The van der Waals surface area contributed by atoms with Gasteiger partial charge in [0.05, 0.1) is 5.41 Å². The zero-order valence-electron chi connectivity index (χ0n) is 31.0. The van der Waals surface area contributed by atoms with E-state index >= 15 is 0 Å². The van der Waals surface area contributed by atoms with Crippen molar-refractivity contribution < 1.29 is 0 Å². The molecule has 0 heterocycles. The minimum absolute atomic E-state index is 0.438. The van der Waals surface area contributed by atoms with E-state index in [-0.39, 0.29) is 0 Å². The lowest BCUT2D eigenvalue weighted by Gasteiger charge is -2.34. The smallest absolute Gasteiger partial charge is 0.0713 e. The molecule has 1 heteroatoms. The number of nitrogens with zero attached hydrogens (tertiary/aromatic N) is 1. The molecule has 0 spiro atoms. The molecule has 0 bridgehead atoms. The third-order valence-electron chi connectivity index (χ3n) is 11.4. The minimum Gasteiger partial charge on any atom is -0.311 e. The summed E-state index contributed by atoms with van der Waals surface area (Å²) in [6.45, 7) is 0. The van der Waals surface area contributed by atoms with Gasteiger partial charge in [0.2, 0.25) is 0 Å². The van der Waals surface area contributed by atoms with Gasteiger partial charge in [0.1, 0.15) is 0 Å². The van der Waals surface area contributed by atoms with Crippen LogP contribution in [0.25, 0.3) is 44.5 Å². The molecule has 1 aliphatic rings. The van der Waals surface area contributed by atoms with Crippen molar-refractivity contribution >= 4 is 17.1 Å². The standard InChI is InChI=1S/C55H39N/c1-4-14-40(15-5-1)42-24-26-43(27-25-42)45-30-36-49(37-31-45)56(48-34-28-44(29-35-48)41-16-6-2-7-17-41)50-38-32-47(33-39-50)55(46-18-8-3-9-19-46)53-22-12-10-20-51(53)52-21-11-13-23-54(52)55/h1-39H. The zero-order valence-corrected chi connectivity index (χ0v) is 31.0. The molecule has 0 saturated carbocycles. The minimum atomic E-state index is -0.438. The van der Waals surface area contributed by atoms with Crippen molar-refractivity contribution in [1.82, 2.24) is 0 Å². The second-order valence-corrected chi connectivity index (χ2v) is 14.5. The zero-order chi connectivity index (χ0) is 37.3. The fraction of sp³-hybridized carbons (Fsp3) is 0.0182. The summed E-state index contributed by atoms with van der Waals surface area (Å²) in [5, 5.41) is 0. The molecule has 56 heavy (non-hydrogen) atoms. The van der Waals surface area contributed by atoms with E-state index in [0.717, 1.165) is 17.1 Å². The van der Waals surface area contributed by atoms with Crippen LogP contribution in [-0.2, 0) is 5.41 Å². The molecule has 1 aliphatic carbocycles. The molecule has 1 nitrogen and oxygen atoms in total. The first-order valence-corrected chi connectivity index (χ1v) is 19.3. The van der Waals surface area contributed by atoms with Gasteiger partial charge in [-0.25, -0.2) is 0 Å². The van der Waals surface area contributed by atoms with Crippen LogP contribution in [-0.4, -0.2) is 0 Å². The van der Waals surface area contributed by atoms with Crippen molar-refractivity contribution in [3.05, 3.63) is 259 Å². The van der Waals surface area contributed by atoms with Gasteiger partial charge in [-0.3, -0.25) is 0 Å². The number of benzene rings is 9. The maximum atomic E-state index is 2.37. The quantitative estimate of drug-likeness (QED) is 0.152. The Morgan fingerprint density at radius 1 is 0.232 bits per heavy atom. The van der Waals surface area contributed by atoms with Crippen molar-refractivity contribution in [3.8, 4) is 44.5 Å². The van der Waals surface area contributed by atoms with Gasteiger partial charge in [0, 0.05) is 17.1 Å². The van der Waals surface area contributed by atoms with Crippen LogP contribution >= 0.6 is 0 Å². The van der Waals surface area contributed by atoms with E-state index in [1.165, 1.54) is 66.8 Å². The highest BCUT2D eigenvalue weighted by Crippen LogP contribution is 2.56. The van der Waals surface area contributed by atoms with Crippen LogP contribution in [0.1, 0.15) is 22.3 Å². The van der Waals surface area contributed by atoms with E-state index in [2.05, 4.69) is 241 Å². The summed E-state index contributed by atoms with van der Waals surface area (Å²) in [6.07, 6.45) is 0. The number of fused-ring (bicyclic) bond motifs is 3. The largest absolute Gasteiger partial charge is 0.311 e. The van der Waals surface area contributed by atoms with Crippen molar-refractivity contribution in [2.75, 3.05) is 4.90 Å². The molecular formula is C55H39N. The Balaban J connectivity index is 1.07. The van der Waals surface area contributed by atoms with Gasteiger partial charge in [-0.2, -0.15) is 0 Å². The highest BCUT2D eigenvalue weighted by molar-refractivity contribution is 5.87. The van der Waals surface area contributed by atoms with Gasteiger partial charge in [0.15, 0.2) is 0 Å². The van der Waals surface area contributed by atoms with Crippen molar-refractivity contribution in [2.45, 2.75) is 5.41 Å². The van der Waals surface area contributed by atoms with Crippen LogP contribution in [0.2, 0.25) is 0 Å². The molecule has 264 valence electrons. The third-order valence-corrected chi connectivity index (χ3v) is 11.4. The predicted octanol–water partition coefficient (Wildman–Crippen LogP) is 14.5. The van der Waals surface area contributed by atoms with E-state index in [1.54, 1.807) is 0 Å². The highest BCUT2D eigenvalue weighted by Gasteiger charge is 2.45. The number of hydrogen-bond acceptors (Lipinski definition) is 1. The first kappa shape index (κ1) is 33.4. The Morgan fingerprint density at radius 2 is 0.518 bits per heavy atom. The number of hydrogen-bond donors (Lipinski definition) is 0. The van der Waals surface area contributed by atoms with Crippen LogP contribution in [0.4, 0.5) is 17.1 Å². The Morgan fingerprint density at radius 3 is 0.929 bits per heavy atom. The molecule has 0 aromatic heterocycles. The van der Waals surface area contributed by atoms with Gasteiger partial charge in [0.25, 0.3) is 0 Å². The third kappa shape index (κ3) is 5.73. The van der Waals surface area contributed by atoms with Gasteiger partial charge >= 0.3 is 0 Å². The van der Waals surface area contributed by atoms with Crippen LogP contribution < -0.4 is 4.90 Å². The summed E-state index contributed by atoms with van der Waals surface area (Å²) < 4.78 is 0. The molecule has 0 atom stereocenters. The number of rotatable bonds is 8. The van der Waals surface area contributed by atoms with Crippen LogP contribution in [0.5, 0.6) is 0 Å². The summed E-state index contributed by atoms with van der Waals surface area (Å²) in [5.41, 5.74) is 17.9. The van der Waals surface area contributed by atoms with Gasteiger partial charge in [-0.1, -0.05) is 200 Å². The molecule has 0 amide bonds. The molecule has 9 aromatic rings. The van der Waals surface area contributed by atoms with Gasteiger partial charge in [-0.15, -0.1) is 0 Å². The summed E-state index contributed by atoms with van der Waals surface area (Å²) in [6, 6.07) is 86.0.